The molecule has 14 heavy (non-hydrogen) atoms. The molecule has 1 atom stereocenters. The van der Waals surface area contributed by atoms with E-state index in [4.69, 9.17) is 0 Å². The zero-order valence-electron chi connectivity index (χ0n) is 7.98. The van der Waals surface area contributed by atoms with Crippen LogP contribution in [0.4, 0.5) is 0 Å². The average molecular weight is 193 g/mol. The van der Waals surface area contributed by atoms with Gasteiger partial charge in [0.15, 0.2) is 0 Å². The first-order chi connectivity index (χ1) is 6.45. The molecule has 76 valence electrons. The highest BCUT2D eigenvalue weighted by Crippen LogP contribution is 2.10. The molecule has 0 saturated carbocycles. The summed E-state index contributed by atoms with van der Waals surface area (Å²) in [5.74, 6) is 0.681. The number of nitrogens with zero attached hydrogens (tertiary/aromatic N) is 2. The third-order valence-corrected chi connectivity index (χ3v) is 2.24. The number of hydrogen-bond donors (Lipinski definition) is 1. The van der Waals surface area contributed by atoms with E-state index in [0.717, 1.165) is 18.7 Å². The van der Waals surface area contributed by atoms with Crippen LogP contribution in [-0.2, 0) is 0 Å². The van der Waals surface area contributed by atoms with E-state index in [-0.39, 0.29) is 5.48 Å². The molecule has 1 unspecified atom stereocenters. The second-order valence-corrected chi connectivity index (χ2v) is 3.28. The highest BCUT2D eigenvalue weighted by Gasteiger charge is 2.09. The van der Waals surface area contributed by atoms with Crippen molar-refractivity contribution < 1.29 is 5.48 Å². The van der Waals surface area contributed by atoms with E-state index in [2.05, 4.69) is 27.4 Å². The predicted molar refractivity (Wildman–Crippen MR) is 55.7 cm³/mol. The van der Waals surface area contributed by atoms with Crippen molar-refractivity contribution in [3.05, 3.63) is 30.4 Å². The van der Waals surface area contributed by atoms with Gasteiger partial charge in [0, 0.05) is 24.5 Å². The Morgan fingerprint density at radius 2 is 2.14 bits per heavy atom. The van der Waals surface area contributed by atoms with Crippen molar-refractivity contribution >= 4 is 6.08 Å². The molecule has 1 fully saturated rings. The lowest BCUT2D eigenvalue weighted by molar-refractivity contribution is 0.731. The van der Waals surface area contributed by atoms with Gasteiger partial charge in [-0.3, -0.25) is 0 Å². The molecular weight excluding hydrogens is 178 g/mol. The Balaban J connectivity index is 0.000000980. The van der Waals surface area contributed by atoms with Gasteiger partial charge in [-0.05, 0) is 18.9 Å². The molecule has 1 saturated heterocycles. The number of hydrogen-bond acceptors (Lipinski definition) is 3. The first-order valence-electron chi connectivity index (χ1n) is 4.59. The summed E-state index contributed by atoms with van der Waals surface area (Å²) in [4.78, 5) is 7.90. The second-order valence-electron chi connectivity index (χ2n) is 3.28. The molecule has 0 radical (unpaired) electrons. The number of aromatic nitrogens is 2. The lowest BCUT2D eigenvalue weighted by Gasteiger charge is -1.98. The van der Waals surface area contributed by atoms with Crippen LogP contribution in [0.1, 0.15) is 12.0 Å². The molecular formula is C10H15N3O. The van der Waals surface area contributed by atoms with Gasteiger partial charge in [0.05, 0.1) is 0 Å². The fraction of sp³-hybridized carbons (Fsp3) is 0.400. The van der Waals surface area contributed by atoms with Crippen LogP contribution in [0.15, 0.2) is 24.8 Å². The van der Waals surface area contributed by atoms with Crippen molar-refractivity contribution in [2.75, 3.05) is 13.1 Å². The largest absolute Gasteiger partial charge is 0.412 e. The van der Waals surface area contributed by atoms with Crippen molar-refractivity contribution in [1.29, 1.82) is 0 Å². The SMILES string of the molecule is C(=C\C1CCNC1)/c1cncnc1.O. The van der Waals surface area contributed by atoms with Crippen LogP contribution >= 0.6 is 0 Å². The van der Waals surface area contributed by atoms with E-state index in [1.165, 1.54) is 6.42 Å². The van der Waals surface area contributed by atoms with Crippen molar-refractivity contribution in [3.8, 4) is 0 Å². The van der Waals surface area contributed by atoms with Crippen LogP contribution in [0.3, 0.4) is 0 Å². The summed E-state index contributed by atoms with van der Waals surface area (Å²) < 4.78 is 0. The Morgan fingerprint density at radius 3 is 2.79 bits per heavy atom. The Morgan fingerprint density at radius 1 is 1.36 bits per heavy atom. The normalized spacial score (nSPS) is 21.0. The summed E-state index contributed by atoms with van der Waals surface area (Å²) >= 11 is 0. The van der Waals surface area contributed by atoms with E-state index in [1.54, 1.807) is 6.33 Å². The Hall–Kier alpha value is -1.26. The van der Waals surface area contributed by atoms with E-state index in [1.807, 2.05) is 12.4 Å². The highest BCUT2D eigenvalue weighted by atomic mass is 16.0. The first-order valence-corrected chi connectivity index (χ1v) is 4.59. The predicted octanol–water partition coefficient (Wildman–Crippen LogP) is 0.275. The van der Waals surface area contributed by atoms with Gasteiger partial charge in [-0.2, -0.15) is 0 Å². The van der Waals surface area contributed by atoms with E-state index >= 15 is 0 Å². The molecule has 1 aliphatic rings. The summed E-state index contributed by atoms with van der Waals surface area (Å²) in [5.41, 5.74) is 1.08. The maximum Gasteiger partial charge on any atom is 0.115 e. The molecule has 0 aliphatic carbocycles. The van der Waals surface area contributed by atoms with Gasteiger partial charge in [-0.15, -0.1) is 0 Å². The van der Waals surface area contributed by atoms with Crippen LogP contribution in [0.5, 0.6) is 0 Å². The standard InChI is InChI=1S/C10H13N3.H2O/c1(9-3-4-11-5-9)2-10-6-12-8-13-7-10;/h1-2,6-9,11H,3-5H2;1H2/b2-1+;. The minimum absolute atomic E-state index is 0. The van der Waals surface area contributed by atoms with Crippen LogP contribution in [0, 0.1) is 5.92 Å². The minimum atomic E-state index is 0. The van der Waals surface area contributed by atoms with Crippen LogP contribution < -0.4 is 5.32 Å². The average Bonchev–Trinajstić information content (AvgIpc) is 2.69. The van der Waals surface area contributed by atoms with Crippen LogP contribution in [-0.4, -0.2) is 28.5 Å². The van der Waals surface area contributed by atoms with Crippen molar-refractivity contribution in [2.24, 2.45) is 5.92 Å². The van der Waals surface area contributed by atoms with E-state index in [9.17, 15) is 0 Å². The van der Waals surface area contributed by atoms with Gasteiger partial charge in [-0.25, -0.2) is 9.97 Å². The Kier molecular flexibility index (Phi) is 4.22. The van der Waals surface area contributed by atoms with Gasteiger partial charge in [0.2, 0.25) is 0 Å². The maximum atomic E-state index is 3.95. The Bertz CT molecular complexity index is 281. The summed E-state index contributed by atoms with van der Waals surface area (Å²) in [6, 6.07) is 0. The fourth-order valence-corrected chi connectivity index (χ4v) is 1.49. The highest BCUT2D eigenvalue weighted by molar-refractivity contribution is 5.46. The van der Waals surface area contributed by atoms with Crippen molar-refractivity contribution in [2.45, 2.75) is 6.42 Å². The van der Waals surface area contributed by atoms with E-state index in [0.29, 0.717) is 5.92 Å². The Labute approximate surface area is 83.4 Å². The summed E-state index contributed by atoms with van der Waals surface area (Å²) in [5, 5.41) is 3.33. The smallest absolute Gasteiger partial charge is 0.115 e. The van der Waals surface area contributed by atoms with Gasteiger partial charge in [0.25, 0.3) is 0 Å². The van der Waals surface area contributed by atoms with Crippen molar-refractivity contribution in [3.63, 3.8) is 0 Å². The fourth-order valence-electron chi connectivity index (χ4n) is 1.49. The topological polar surface area (TPSA) is 69.3 Å². The lowest BCUT2D eigenvalue weighted by atomic mass is 10.1. The molecule has 4 nitrogen and oxygen atoms in total. The van der Waals surface area contributed by atoms with Gasteiger partial charge >= 0.3 is 0 Å². The quantitative estimate of drug-likeness (QED) is 0.733. The van der Waals surface area contributed by atoms with Gasteiger partial charge < -0.3 is 10.8 Å². The second kappa shape index (κ2) is 5.47. The van der Waals surface area contributed by atoms with Crippen molar-refractivity contribution in [1.82, 2.24) is 15.3 Å². The number of nitrogens with one attached hydrogen (secondary N) is 1. The molecule has 0 bridgehead atoms. The third-order valence-electron chi connectivity index (χ3n) is 2.24. The van der Waals surface area contributed by atoms with E-state index < -0.39 is 0 Å². The zero-order chi connectivity index (χ0) is 8.93. The number of rotatable bonds is 2. The molecule has 1 aromatic rings. The van der Waals surface area contributed by atoms with Crippen LogP contribution in [0.2, 0.25) is 0 Å². The summed E-state index contributed by atoms with van der Waals surface area (Å²) in [6.45, 7) is 2.24. The van der Waals surface area contributed by atoms with Gasteiger partial charge in [-0.1, -0.05) is 12.2 Å². The zero-order valence-corrected chi connectivity index (χ0v) is 7.98. The maximum absolute atomic E-state index is 3.95. The molecule has 2 heterocycles. The molecule has 0 amide bonds. The minimum Gasteiger partial charge on any atom is -0.412 e. The molecule has 2 rings (SSSR count). The first kappa shape index (κ1) is 10.8. The summed E-state index contributed by atoms with van der Waals surface area (Å²) in [6.07, 6.45) is 10.8. The van der Waals surface area contributed by atoms with Gasteiger partial charge in [0.1, 0.15) is 6.33 Å². The molecule has 4 heteroatoms. The third kappa shape index (κ3) is 2.90. The molecule has 3 N–H and O–H groups in total. The molecule has 1 aliphatic heterocycles. The van der Waals surface area contributed by atoms with Crippen LogP contribution in [0.25, 0.3) is 6.08 Å². The summed E-state index contributed by atoms with van der Waals surface area (Å²) in [7, 11) is 0. The lowest BCUT2D eigenvalue weighted by Crippen LogP contribution is -2.07. The molecule has 1 aromatic heterocycles. The molecule has 0 aromatic carbocycles. The molecule has 0 spiro atoms. The monoisotopic (exact) mass is 193 g/mol.